The first-order valence-electron chi connectivity index (χ1n) is 7.01. The van der Waals surface area contributed by atoms with Crippen LogP contribution in [0.3, 0.4) is 0 Å². The van der Waals surface area contributed by atoms with Gasteiger partial charge in [-0.3, -0.25) is 0 Å². The minimum Gasteiger partial charge on any atom is -0.462 e. The molecule has 0 radical (unpaired) electrons. The van der Waals surface area contributed by atoms with E-state index < -0.39 is 0 Å². The summed E-state index contributed by atoms with van der Waals surface area (Å²) in [6.45, 7) is 5.40. The monoisotopic (exact) mass is 298 g/mol. The normalized spacial score (nSPS) is 15.2. The summed E-state index contributed by atoms with van der Waals surface area (Å²) in [6.07, 6.45) is 2.43. The third-order valence-electron chi connectivity index (χ3n) is 3.43. The van der Waals surface area contributed by atoms with Crippen molar-refractivity contribution in [2.75, 3.05) is 31.6 Å². The topological polar surface area (TPSA) is 50.4 Å². The van der Waals surface area contributed by atoms with Gasteiger partial charge in [0.25, 0.3) is 0 Å². The Kier molecular flexibility index (Phi) is 7.41. The molecule has 2 rings (SSSR count). The van der Waals surface area contributed by atoms with Gasteiger partial charge >= 0.3 is 5.97 Å². The number of hydrogen-bond donors (Lipinski definition) is 2. The van der Waals surface area contributed by atoms with E-state index in [0.29, 0.717) is 18.1 Å². The van der Waals surface area contributed by atoms with Crippen molar-refractivity contribution < 1.29 is 9.53 Å². The number of ether oxygens (including phenoxy) is 1. The third kappa shape index (κ3) is 5.02. The molecule has 0 aliphatic carbocycles. The van der Waals surface area contributed by atoms with Crippen molar-refractivity contribution in [1.29, 1.82) is 0 Å². The van der Waals surface area contributed by atoms with E-state index in [0.717, 1.165) is 25.3 Å². The fraction of sp³-hybridized carbons (Fsp3) is 0.533. The Morgan fingerprint density at radius 3 is 2.85 bits per heavy atom. The predicted molar refractivity (Wildman–Crippen MR) is 83.7 cm³/mol. The molecule has 5 heteroatoms. The number of benzene rings is 1. The number of piperidine rings is 1. The fourth-order valence-corrected chi connectivity index (χ4v) is 2.32. The molecule has 0 atom stereocenters. The molecule has 112 valence electrons. The number of carbonyl (C=O) groups excluding carboxylic acids is 1. The minimum absolute atomic E-state index is 0. The molecule has 1 aromatic rings. The molecule has 1 aliphatic rings. The molecule has 0 unspecified atom stereocenters. The van der Waals surface area contributed by atoms with Crippen LogP contribution in [0.5, 0.6) is 0 Å². The largest absolute Gasteiger partial charge is 0.462 e. The van der Waals surface area contributed by atoms with Gasteiger partial charge in [-0.2, -0.15) is 0 Å². The highest BCUT2D eigenvalue weighted by molar-refractivity contribution is 5.90. The van der Waals surface area contributed by atoms with Crippen LogP contribution in [-0.4, -0.2) is 32.2 Å². The van der Waals surface area contributed by atoms with E-state index in [4.69, 9.17) is 4.74 Å². The van der Waals surface area contributed by atoms with Crippen LogP contribution < -0.4 is 10.6 Å². The van der Waals surface area contributed by atoms with Crippen molar-refractivity contribution in [2.45, 2.75) is 19.8 Å². The summed E-state index contributed by atoms with van der Waals surface area (Å²) in [5.74, 6) is 0.459. The standard InChI is InChI=1S/C15H22N2O2.ClH/c1-2-19-15(18)13-4-3-5-14(10-13)17-11-12-6-8-16-9-7-12;/h3-5,10,12,16-17H,2,6-9,11H2,1H3;1H. The van der Waals surface area contributed by atoms with Crippen molar-refractivity contribution in [2.24, 2.45) is 5.92 Å². The minimum atomic E-state index is -0.256. The zero-order valence-electron chi connectivity index (χ0n) is 11.9. The lowest BCUT2D eigenvalue weighted by Crippen LogP contribution is -2.31. The number of halogens is 1. The summed E-state index contributed by atoms with van der Waals surface area (Å²) >= 11 is 0. The average Bonchev–Trinajstić information content (AvgIpc) is 2.47. The molecule has 1 aromatic carbocycles. The molecule has 1 aliphatic heterocycles. The molecule has 0 bridgehead atoms. The highest BCUT2D eigenvalue weighted by Crippen LogP contribution is 2.15. The van der Waals surface area contributed by atoms with Gasteiger partial charge in [0.15, 0.2) is 0 Å². The molecular weight excluding hydrogens is 276 g/mol. The third-order valence-corrected chi connectivity index (χ3v) is 3.43. The second-order valence-electron chi connectivity index (χ2n) is 4.88. The Balaban J connectivity index is 0.00000200. The molecule has 4 nitrogen and oxygen atoms in total. The van der Waals surface area contributed by atoms with Crippen LogP contribution >= 0.6 is 12.4 Å². The van der Waals surface area contributed by atoms with Gasteiger partial charge in [-0.15, -0.1) is 12.4 Å². The summed E-state index contributed by atoms with van der Waals surface area (Å²) in [6, 6.07) is 7.52. The molecule has 0 aromatic heterocycles. The molecule has 1 heterocycles. The Bertz CT molecular complexity index is 420. The number of rotatable bonds is 5. The van der Waals surface area contributed by atoms with Crippen LogP contribution in [-0.2, 0) is 4.74 Å². The molecule has 1 fully saturated rings. The van der Waals surface area contributed by atoms with E-state index in [1.54, 1.807) is 6.07 Å². The predicted octanol–water partition coefficient (Wildman–Crippen LogP) is 2.70. The number of anilines is 1. The lowest BCUT2D eigenvalue weighted by atomic mass is 9.98. The second-order valence-corrected chi connectivity index (χ2v) is 4.88. The van der Waals surface area contributed by atoms with E-state index in [-0.39, 0.29) is 18.4 Å². The zero-order valence-corrected chi connectivity index (χ0v) is 12.7. The van der Waals surface area contributed by atoms with Gasteiger partial charge in [-0.05, 0) is 57.0 Å². The maximum Gasteiger partial charge on any atom is 0.338 e. The van der Waals surface area contributed by atoms with Crippen molar-refractivity contribution in [3.8, 4) is 0 Å². The SMILES string of the molecule is CCOC(=O)c1cccc(NCC2CCNCC2)c1.Cl. The molecule has 0 amide bonds. The molecular formula is C15H23ClN2O2. The summed E-state index contributed by atoms with van der Waals surface area (Å²) < 4.78 is 5.00. The Morgan fingerprint density at radius 2 is 2.15 bits per heavy atom. The molecule has 1 saturated heterocycles. The highest BCUT2D eigenvalue weighted by Gasteiger charge is 2.13. The van der Waals surface area contributed by atoms with Gasteiger partial charge in [0.1, 0.15) is 0 Å². The van der Waals surface area contributed by atoms with Crippen LogP contribution in [0.4, 0.5) is 5.69 Å². The summed E-state index contributed by atoms with van der Waals surface area (Å²) in [4.78, 5) is 11.6. The van der Waals surface area contributed by atoms with E-state index >= 15 is 0 Å². The lowest BCUT2D eigenvalue weighted by Gasteiger charge is -2.23. The number of nitrogens with one attached hydrogen (secondary N) is 2. The van der Waals surface area contributed by atoms with Gasteiger partial charge in [0.05, 0.1) is 12.2 Å². The van der Waals surface area contributed by atoms with Crippen molar-refractivity contribution in [1.82, 2.24) is 5.32 Å². The van der Waals surface area contributed by atoms with E-state index in [1.165, 1.54) is 12.8 Å². The van der Waals surface area contributed by atoms with E-state index in [1.807, 2.05) is 25.1 Å². The number of esters is 1. The zero-order chi connectivity index (χ0) is 13.5. The first-order chi connectivity index (χ1) is 9.29. The Morgan fingerprint density at radius 1 is 1.40 bits per heavy atom. The van der Waals surface area contributed by atoms with Crippen LogP contribution in [0.15, 0.2) is 24.3 Å². The van der Waals surface area contributed by atoms with Crippen LogP contribution in [0.1, 0.15) is 30.1 Å². The number of carbonyl (C=O) groups is 1. The summed E-state index contributed by atoms with van der Waals surface area (Å²) in [7, 11) is 0. The Hall–Kier alpha value is -1.26. The maximum atomic E-state index is 11.6. The van der Waals surface area contributed by atoms with E-state index in [2.05, 4.69) is 10.6 Å². The maximum absolute atomic E-state index is 11.6. The lowest BCUT2D eigenvalue weighted by molar-refractivity contribution is 0.0526. The van der Waals surface area contributed by atoms with Gasteiger partial charge < -0.3 is 15.4 Å². The second kappa shape index (κ2) is 8.82. The van der Waals surface area contributed by atoms with Gasteiger partial charge in [-0.1, -0.05) is 6.07 Å². The molecule has 0 saturated carbocycles. The molecule has 20 heavy (non-hydrogen) atoms. The first-order valence-corrected chi connectivity index (χ1v) is 7.01. The van der Waals surface area contributed by atoms with Crippen LogP contribution in [0, 0.1) is 5.92 Å². The molecule has 0 spiro atoms. The van der Waals surface area contributed by atoms with Gasteiger partial charge in [-0.25, -0.2) is 4.79 Å². The summed E-state index contributed by atoms with van der Waals surface area (Å²) in [5, 5.41) is 6.78. The highest BCUT2D eigenvalue weighted by atomic mass is 35.5. The Labute approximate surface area is 126 Å². The van der Waals surface area contributed by atoms with Crippen molar-refractivity contribution in [3.05, 3.63) is 29.8 Å². The van der Waals surface area contributed by atoms with Crippen LogP contribution in [0.25, 0.3) is 0 Å². The van der Waals surface area contributed by atoms with Crippen molar-refractivity contribution in [3.63, 3.8) is 0 Å². The fourth-order valence-electron chi connectivity index (χ4n) is 2.32. The first kappa shape index (κ1) is 16.8. The smallest absolute Gasteiger partial charge is 0.338 e. The van der Waals surface area contributed by atoms with Crippen LogP contribution in [0.2, 0.25) is 0 Å². The quantitative estimate of drug-likeness (QED) is 0.821. The molecule has 2 N–H and O–H groups in total. The summed E-state index contributed by atoms with van der Waals surface area (Å²) in [5.41, 5.74) is 1.60. The van der Waals surface area contributed by atoms with Gasteiger partial charge in [0.2, 0.25) is 0 Å². The van der Waals surface area contributed by atoms with Gasteiger partial charge in [0, 0.05) is 12.2 Å². The van der Waals surface area contributed by atoms with Crippen molar-refractivity contribution >= 4 is 24.1 Å². The number of hydrogen-bond acceptors (Lipinski definition) is 4. The average molecular weight is 299 g/mol. The van der Waals surface area contributed by atoms with E-state index in [9.17, 15) is 4.79 Å².